The van der Waals surface area contributed by atoms with Gasteiger partial charge < -0.3 is 0 Å². The molecule has 0 amide bonds. The van der Waals surface area contributed by atoms with Crippen LogP contribution in [0.2, 0.25) is 13.1 Å². The van der Waals surface area contributed by atoms with E-state index in [9.17, 15) is 0 Å². The average molecular weight is 345 g/mol. The average Bonchev–Trinajstić information content (AvgIpc) is 3.04. The lowest BCUT2D eigenvalue weighted by Crippen LogP contribution is -2.40. The molecule has 0 N–H and O–H groups in total. The molecule has 0 aliphatic heterocycles. The molecule has 2 aromatic carbocycles. The van der Waals surface area contributed by atoms with Crippen LogP contribution in [0, 0.1) is 5.92 Å². The molecule has 0 spiro atoms. The third kappa shape index (κ3) is 2.18. The zero-order chi connectivity index (χ0) is 17.9. The van der Waals surface area contributed by atoms with E-state index in [1.807, 2.05) is 0 Å². The second-order valence-corrected chi connectivity index (χ2v) is 13.0. The Morgan fingerprint density at radius 3 is 1.64 bits per heavy atom. The third-order valence-electron chi connectivity index (χ3n) is 6.89. The Bertz CT molecular complexity index is 881. The largest absolute Gasteiger partial charge is 0.0888 e. The molecule has 0 heterocycles. The highest BCUT2D eigenvalue weighted by molar-refractivity contribution is 6.86. The Morgan fingerprint density at radius 2 is 1.20 bits per heavy atom. The zero-order valence-electron chi connectivity index (χ0n) is 16.3. The number of allylic oxidation sites excluding steroid dienone is 4. The van der Waals surface area contributed by atoms with E-state index in [0.29, 0.717) is 11.5 Å². The quantitative estimate of drug-likeness (QED) is 0.520. The second kappa shape index (κ2) is 5.57. The number of hydrogen-bond donors (Lipinski definition) is 0. The minimum atomic E-state index is -1.71. The molecule has 0 fully saturated rings. The molecule has 4 rings (SSSR count). The van der Waals surface area contributed by atoms with Crippen molar-refractivity contribution in [2.75, 3.05) is 0 Å². The van der Waals surface area contributed by atoms with E-state index in [-0.39, 0.29) is 0 Å². The lowest BCUT2D eigenvalue weighted by atomic mass is 10.1. The molecule has 128 valence electrons. The van der Waals surface area contributed by atoms with Crippen LogP contribution in [0.3, 0.4) is 0 Å². The summed E-state index contributed by atoms with van der Waals surface area (Å²) in [5, 5.41) is 1.76. The fourth-order valence-electron chi connectivity index (χ4n) is 5.49. The van der Waals surface area contributed by atoms with Gasteiger partial charge in [0.15, 0.2) is 0 Å². The van der Waals surface area contributed by atoms with Crippen LogP contribution in [0.5, 0.6) is 0 Å². The molecule has 1 atom stereocenters. The van der Waals surface area contributed by atoms with Crippen molar-refractivity contribution in [2.45, 2.75) is 46.3 Å². The molecule has 0 radical (unpaired) electrons. The van der Waals surface area contributed by atoms with Gasteiger partial charge in [0, 0.05) is 5.54 Å². The minimum absolute atomic E-state index is 0.561. The first-order valence-corrected chi connectivity index (χ1v) is 12.5. The summed E-state index contributed by atoms with van der Waals surface area (Å²) < 4.78 is 0. The number of benzene rings is 2. The Morgan fingerprint density at radius 1 is 0.720 bits per heavy atom. The smallest absolute Gasteiger partial charge is 0.0700 e. The molecule has 1 heteroatoms. The molecule has 0 saturated carbocycles. The fraction of sp³-hybridized carbons (Fsp3) is 0.333. The Labute approximate surface area is 153 Å². The van der Waals surface area contributed by atoms with Crippen LogP contribution in [-0.2, 0) is 0 Å². The van der Waals surface area contributed by atoms with Crippen molar-refractivity contribution < 1.29 is 0 Å². The predicted molar refractivity (Wildman–Crippen MR) is 111 cm³/mol. The first-order valence-electron chi connectivity index (χ1n) is 9.43. The topological polar surface area (TPSA) is 0 Å². The summed E-state index contributed by atoms with van der Waals surface area (Å²) in [7, 11) is -1.71. The molecular formula is C24H28Si. The second-order valence-electron chi connectivity index (χ2n) is 8.40. The van der Waals surface area contributed by atoms with E-state index in [1.54, 1.807) is 27.5 Å². The van der Waals surface area contributed by atoms with Crippen molar-refractivity contribution in [3.63, 3.8) is 0 Å². The van der Waals surface area contributed by atoms with E-state index in [2.05, 4.69) is 89.3 Å². The van der Waals surface area contributed by atoms with Crippen molar-refractivity contribution in [3.8, 4) is 11.1 Å². The molecular weight excluding hydrogens is 316 g/mol. The van der Waals surface area contributed by atoms with Crippen LogP contribution in [0.25, 0.3) is 11.1 Å². The lowest BCUT2D eigenvalue weighted by Gasteiger charge is -2.36. The van der Waals surface area contributed by atoms with E-state index in [4.69, 9.17) is 0 Å². The summed E-state index contributed by atoms with van der Waals surface area (Å²) >= 11 is 0. The van der Waals surface area contributed by atoms with Crippen molar-refractivity contribution in [1.82, 2.24) is 0 Å². The van der Waals surface area contributed by atoms with Gasteiger partial charge in [-0.2, -0.15) is 0 Å². The SMILES string of the molecule is CC1=C(C)C(C)C([Si](C)(C)C2c3ccccc3-c3ccccc32)=C1C. The van der Waals surface area contributed by atoms with Gasteiger partial charge in [0.25, 0.3) is 0 Å². The third-order valence-corrected chi connectivity index (χ3v) is 11.2. The molecule has 0 aromatic heterocycles. The Hall–Kier alpha value is -1.86. The summed E-state index contributed by atoms with van der Waals surface area (Å²) in [6.07, 6.45) is 0. The van der Waals surface area contributed by atoms with Gasteiger partial charge in [-0.3, -0.25) is 0 Å². The van der Waals surface area contributed by atoms with Gasteiger partial charge in [-0.1, -0.05) is 84.9 Å². The van der Waals surface area contributed by atoms with Gasteiger partial charge in [0.05, 0.1) is 8.07 Å². The summed E-state index contributed by atoms with van der Waals surface area (Å²) in [5.41, 5.74) is 11.2. The molecule has 0 bridgehead atoms. The number of rotatable bonds is 2. The molecule has 0 nitrogen and oxygen atoms in total. The molecule has 2 aliphatic rings. The van der Waals surface area contributed by atoms with Gasteiger partial charge in [-0.25, -0.2) is 0 Å². The highest BCUT2D eigenvalue weighted by Gasteiger charge is 2.46. The van der Waals surface area contributed by atoms with Crippen LogP contribution in [0.15, 0.2) is 70.4 Å². The van der Waals surface area contributed by atoms with Crippen LogP contribution in [0.1, 0.15) is 44.4 Å². The van der Waals surface area contributed by atoms with E-state index >= 15 is 0 Å². The predicted octanol–water partition coefficient (Wildman–Crippen LogP) is 6.89. The minimum Gasteiger partial charge on any atom is -0.0700 e. The summed E-state index contributed by atoms with van der Waals surface area (Å²) in [4.78, 5) is 0. The van der Waals surface area contributed by atoms with Gasteiger partial charge in [0.1, 0.15) is 0 Å². The summed E-state index contributed by atoms with van der Waals surface area (Å²) in [5.74, 6) is 0.599. The van der Waals surface area contributed by atoms with Crippen LogP contribution < -0.4 is 0 Å². The lowest BCUT2D eigenvalue weighted by molar-refractivity contribution is 0.840. The van der Waals surface area contributed by atoms with Gasteiger partial charge in [-0.05, 0) is 54.5 Å². The maximum absolute atomic E-state index is 2.60. The van der Waals surface area contributed by atoms with Crippen molar-refractivity contribution in [3.05, 3.63) is 81.6 Å². The molecule has 0 saturated heterocycles. The maximum atomic E-state index is 2.60. The van der Waals surface area contributed by atoms with Gasteiger partial charge in [0.2, 0.25) is 0 Å². The highest BCUT2D eigenvalue weighted by Crippen LogP contribution is 2.53. The standard InChI is InChI=1S/C24H28Si/c1-15-16(2)18(4)23(17(15)3)25(5,6)24-21-13-9-7-11-19(21)20-12-8-10-14-22(20)24/h7-14,17,24H,1-6H3. The Balaban J connectivity index is 1.93. The van der Waals surface area contributed by atoms with E-state index in [1.165, 1.54) is 16.7 Å². The molecule has 1 unspecified atom stereocenters. The monoisotopic (exact) mass is 344 g/mol. The molecule has 25 heavy (non-hydrogen) atoms. The molecule has 2 aliphatic carbocycles. The number of hydrogen-bond acceptors (Lipinski definition) is 0. The van der Waals surface area contributed by atoms with Crippen LogP contribution >= 0.6 is 0 Å². The fourth-order valence-corrected chi connectivity index (χ4v) is 10.3. The summed E-state index contributed by atoms with van der Waals surface area (Å²) in [6.45, 7) is 14.6. The highest BCUT2D eigenvalue weighted by atomic mass is 28.3. The number of fused-ring (bicyclic) bond motifs is 3. The summed E-state index contributed by atoms with van der Waals surface area (Å²) in [6, 6.07) is 18.2. The normalized spacial score (nSPS) is 20.3. The van der Waals surface area contributed by atoms with Crippen LogP contribution in [-0.4, -0.2) is 8.07 Å². The van der Waals surface area contributed by atoms with Crippen molar-refractivity contribution in [1.29, 1.82) is 0 Å². The van der Waals surface area contributed by atoms with Gasteiger partial charge >= 0.3 is 0 Å². The van der Waals surface area contributed by atoms with Crippen molar-refractivity contribution in [2.24, 2.45) is 5.92 Å². The van der Waals surface area contributed by atoms with Crippen molar-refractivity contribution >= 4 is 8.07 Å². The van der Waals surface area contributed by atoms with Gasteiger partial charge in [-0.15, -0.1) is 0 Å². The van der Waals surface area contributed by atoms with Crippen LogP contribution in [0.4, 0.5) is 0 Å². The zero-order valence-corrected chi connectivity index (χ0v) is 17.3. The first-order chi connectivity index (χ1) is 11.9. The first kappa shape index (κ1) is 16.6. The van der Waals surface area contributed by atoms with E-state index < -0.39 is 8.07 Å². The van der Waals surface area contributed by atoms with E-state index in [0.717, 1.165) is 0 Å². The Kier molecular flexibility index (Phi) is 3.70. The maximum Gasteiger partial charge on any atom is 0.0888 e. The molecule has 2 aromatic rings.